The molecule has 0 unspecified atom stereocenters. The second-order valence-electron chi connectivity index (χ2n) is 9.41. The van der Waals surface area contributed by atoms with Gasteiger partial charge in [-0.25, -0.2) is 4.39 Å². The summed E-state index contributed by atoms with van der Waals surface area (Å²) in [6.45, 7) is 4.42. The number of carbonyl (C=O) groups excluding carboxylic acids is 2. The topological polar surface area (TPSA) is 70.8 Å². The quantitative estimate of drug-likeness (QED) is 0.272. The summed E-state index contributed by atoms with van der Waals surface area (Å²) in [6.07, 6.45) is 2.96. The van der Waals surface area contributed by atoms with E-state index in [1.807, 2.05) is 50.2 Å². The van der Waals surface area contributed by atoms with E-state index in [4.69, 9.17) is 4.42 Å². The summed E-state index contributed by atoms with van der Waals surface area (Å²) in [5.41, 5.74) is 2.80. The molecule has 0 N–H and O–H groups in total. The number of halogens is 1. The van der Waals surface area contributed by atoms with E-state index in [9.17, 15) is 18.8 Å². The summed E-state index contributed by atoms with van der Waals surface area (Å²) >= 11 is 0. The van der Waals surface area contributed by atoms with Crippen LogP contribution in [0.4, 0.5) is 4.39 Å². The SMILES string of the molecule is CCCCN(CC(=O)N(Cc1ccccc1)Cc1coc2ccc(C)cc2c1=O)C(=O)c1ccc(F)cc1. The second kappa shape index (κ2) is 12.3. The molecule has 0 atom stereocenters. The van der Waals surface area contributed by atoms with Crippen molar-refractivity contribution in [3.05, 3.63) is 117 Å². The average molecular weight is 515 g/mol. The van der Waals surface area contributed by atoms with Crippen LogP contribution in [0.15, 0.2) is 88.3 Å². The first-order chi connectivity index (χ1) is 18.4. The fourth-order valence-electron chi connectivity index (χ4n) is 4.28. The molecule has 0 saturated heterocycles. The van der Waals surface area contributed by atoms with Crippen molar-refractivity contribution in [2.45, 2.75) is 39.8 Å². The highest BCUT2D eigenvalue weighted by atomic mass is 19.1. The third-order valence-corrected chi connectivity index (χ3v) is 6.42. The third kappa shape index (κ3) is 6.54. The molecule has 38 heavy (non-hydrogen) atoms. The zero-order valence-electron chi connectivity index (χ0n) is 21.7. The van der Waals surface area contributed by atoms with Gasteiger partial charge in [0.2, 0.25) is 5.91 Å². The summed E-state index contributed by atoms with van der Waals surface area (Å²) in [7, 11) is 0. The molecule has 0 spiro atoms. The van der Waals surface area contributed by atoms with Crippen molar-refractivity contribution >= 4 is 22.8 Å². The molecule has 0 aliphatic heterocycles. The van der Waals surface area contributed by atoms with Gasteiger partial charge in [0.15, 0.2) is 5.43 Å². The highest BCUT2D eigenvalue weighted by molar-refractivity contribution is 5.96. The molecule has 0 radical (unpaired) electrons. The standard InChI is InChI=1S/C31H31FN2O4/c1-3-4-16-33(31(37)24-11-13-26(32)14-12-24)20-29(35)34(18-23-8-6-5-7-9-23)19-25-21-38-28-15-10-22(2)17-27(28)30(25)36/h5-15,17,21H,3-4,16,18-20H2,1-2H3. The number of carbonyl (C=O) groups is 2. The summed E-state index contributed by atoms with van der Waals surface area (Å²) in [5, 5.41) is 0.464. The molecular formula is C31H31FN2O4. The first-order valence-corrected chi connectivity index (χ1v) is 12.7. The van der Waals surface area contributed by atoms with Gasteiger partial charge in [0.25, 0.3) is 5.91 Å². The van der Waals surface area contributed by atoms with Gasteiger partial charge in [-0.1, -0.05) is 55.3 Å². The second-order valence-corrected chi connectivity index (χ2v) is 9.41. The van der Waals surface area contributed by atoms with Crippen LogP contribution in [0.1, 0.15) is 46.8 Å². The van der Waals surface area contributed by atoms with E-state index in [2.05, 4.69) is 0 Å². The van der Waals surface area contributed by atoms with Crippen molar-refractivity contribution in [2.75, 3.05) is 13.1 Å². The minimum absolute atomic E-state index is 0.0340. The average Bonchev–Trinajstić information content (AvgIpc) is 2.93. The molecule has 0 bridgehead atoms. The molecular weight excluding hydrogens is 483 g/mol. The van der Waals surface area contributed by atoms with Gasteiger partial charge in [-0.15, -0.1) is 0 Å². The van der Waals surface area contributed by atoms with Crippen LogP contribution in [-0.4, -0.2) is 34.7 Å². The van der Waals surface area contributed by atoms with Gasteiger partial charge in [-0.05, 0) is 55.3 Å². The Bertz CT molecular complexity index is 1470. The van der Waals surface area contributed by atoms with Crippen LogP contribution in [0.5, 0.6) is 0 Å². The molecule has 1 heterocycles. The van der Waals surface area contributed by atoms with Gasteiger partial charge in [-0.2, -0.15) is 0 Å². The Morgan fingerprint density at radius 1 is 0.921 bits per heavy atom. The number of hydrogen-bond donors (Lipinski definition) is 0. The Labute approximate surface area is 221 Å². The lowest BCUT2D eigenvalue weighted by Gasteiger charge is -2.28. The van der Waals surface area contributed by atoms with Crippen LogP contribution in [-0.2, 0) is 17.9 Å². The van der Waals surface area contributed by atoms with Gasteiger partial charge in [0, 0.05) is 18.7 Å². The van der Waals surface area contributed by atoms with Gasteiger partial charge >= 0.3 is 0 Å². The van der Waals surface area contributed by atoms with Gasteiger partial charge in [0.05, 0.1) is 23.8 Å². The van der Waals surface area contributed by atoms with E-state index in [1.165, 1.54) is 35.4 Å². The Hall–Kier alpha value is -4.26. The summed E-state index contributed by atoms with van der Waals surface area (Å²) in [6, 6.07) is 20.2. The molecule has 3 aromatic carbocycles. The fourth-order valence-corrected chi connectivity index (χ4v) is 4.28. The fraction of sp³-hybridized carbons (Fsp3) is 0.258. The van der Waals surface area contributed by atoms with Crippen molar-refractivity contribution in [1.29, 1.82) is 0 Å². The lowest BCUT2D eigenvalue weighted by molar-refractivity contribution is -0.133. The van der Waals surface area contributed by atoms with E-state index in [-0.39, 0.29) is 36.9 Å². The molecule has 4 rings (SSSR count). The molecule has 0 aliphatic rings. The van der Waals surface area contributed by atoms with Crippen molar-refractivity contribution in [1.82, 2.24) is 9.80 Å². The Morgan fingerprint density at radius 2 is 1.66 bits per heavy atom. The van der Waals surface area contributed by atoms with Crippen LogP contribution >= 0.6 is 0 Å². The number of nitrogens with zero attached hydrogens (tertiary/aromatic N) is 2. The lowest BCUT2D eigenvalue weighted by Crippen LogP contribution is -2.43. The largest absolute Gasteiger partial charge is 0.464 e. The highest BCUT2D eigenvalue weighted by Crippen LogP contribution is 2.16. The number of fused-ring (bicyclic) bond motifs is 1. The molecule has 2 amide bonds. The molecule has 0 fully saturated rings. The minimum atomic E-state index is -0.434. The maximum Gasteiger partial charge on any atom is 0.254 e. The number of amides is 2. The Kier molecular flexibility index (Phi) is 8.69. The van der Waals surface area contributed by atoms with E-state index in [1.54, 1.807) is 17.0 Å². The van der Waals surface area contributed by atoms with Crippen LogP contribution in [0.25, 0.3) is 11.0 Å². The first-order valence-electron chi connectivity index (χ1n) is 12.7. The van der Waals surface area contributed by atoms with Crippen LogP contribution in [0.3, 0.4) is 0 Å². The Balaban J connectivity index is 1.63. The number of benzene rings is 3. The van der Waals surface area contributed by atoms with Crippen molar-refractivity contribution in [2.24, 2.45) is 0 Å². The lowest BCUT2D eigenvalue weighted by atomic mass is 10.1. The molecule has 1 aromatic heterocycles. The number of unbranched alkanes of at least 4 members (excludes halogenated alkanes) is 1. The number of hydrogen-bond acceptors (Lipinski definition) is 4. The summed E-state index contributed by atoms with van der Waals surface area (Å²) in [5.74, 6) is -1.08. The number of rotatable bonds is 10. The smallest absolute Gasteiger partial charge is 0.254 e. The number of aryl methyl sites for hydroxylation is 1. The monoisotopic (exact) mass is 514 g/mol. The predicted octanol–water partition coefficient (Wildman–Crippen LogP) is 5.71. The zero-order chi connectivity index (χ0) is 27.1. The molecule has 0 aliphatic carbocycles. The maximum absolute atomic E-state index is 13.7. The predicted molar refractivity (Wildman–Crippen MR) is 145 cm³/mol. The van der Waals surface area contributed by atoms with E-state index >= 15 is 0 Å². The Morgan fingerprint density at radius 3 is 2.37 bits per heavy atom. The van der Waals surface area contributed by atoms with Crippen molar-refractivity contribution in [3.63, 3.8) is 0 Å². The summed E-state index contributed by atoms with van der Waals surface area (Å²) < 4.78 is 19.1. The molecule has 6 nitrogen and oxygen atoms in total. The normalized spacial score (nSPS) is 10.9. The van der Waals surface area contributed by atoms with E-state index in [0.717, 1.165) is 17.5 Å². The van der Waals surface area contributed by atoms with Gasteiger partial charge < -0.3 is 14.2 Å². The molecule has 7 heteroatoms. The van der Waals surface area contributed by atoms with E-state index in [0.29, 0.717) is 35.1 Å². The van der Waals surface area contributed by atoms with Gasteiger partial charge in [0.1, 0.15) is 17.9 Å². The van der Waals surface area contributed by atoms with Crippen LogP contribution in [0, 0.1) is 12.7 Å². The van der Waals surface area contributed by atoms with Crippen LogP contribution < -0.4 is 5.43 Å². The van der Waals surface area contributed by atoms with Gasteiger partial charge in [-0.3, -0.25) is 14.4 Å². The van der Waals surface area contributed by atoms with Crippen molar-refractivity contribution in [3.8, 4) is 0 Å². The van der Waals surface area contributed by atoms with Crippen molar-refractivity contribution < 1.29 is 18.4 Å². The third-order valence-electron chi connectivity index (χ3n) is 6.42. The maximum atomic E-state index is 13.7. The molecule has 0 saturated carbocycles. The first kappa shape index (κ1) is 26.8. The molecule has 4 aromatic rings. The molecule has 196 valence electrons. The van der Waals surface area contributed by atoms with Crippen LogP contribution in [0.2, 0.25) is 0 Å². The highest BCUT2D eigenvalue weighted by Gasteiger charge is 2.24. The summed E-state index contributed by atoms with van der Waals surface area (Å²) in [4.78, 5) is 43.3. The van der Waals surface area contributed by atoms with E-state index < -0.39 is 5.82 Å². The zero-order valence-corrected chi connectivity index (χ0v) is 21.7. The minimum Gasteiger partial charge on any atom is -0.464 e.